The van der Waals surface area contributed by atoms with Crippen molar-refractivity contribution in [3.05, 3.63) is 90.0 Å². The van der Waals surface area contributed by atoms with Gasteiger partial charge in [-0.05, 0) is 43.2 Å². The molecule has 0 spiro atoms. The number of aryl methyl sites for hydroxylation is 1. The summed E-state index contributed by atoms with van der Waals surface area (Å²) in [4.78, 5) is 16.6. The average molecular weight is 402 g/mol. The zero-order valence-electron chi connectivity index (χ0n) is 16.5. The number of carbonyl (C=O) groups is 1. The third kappa shape index (κ3) is 2.85. The molecule has 0 aliphatic carbocycles. The molecule has 5 rings (SSSR count). The third-order valence-corrected chi connectivity index (χ3v) is 7.03. The van der Waals surface area contributed by atoms with E-state index < -0.39 is 11.6 Å². The van der Waals surface area contributed by atoms with Crippen molar-refractivity contribution < 1.29 is 9.53 Å². The molecule has 0 aromatic heterocycles. The average Bonchev–Trinajstić information content (AvgIpc) is 2.85. The molecule has 0 radical (unpaired) electrons. The molecular weight excluding hydrogens is 378 g/mol. The second-order valence-electron chi connectivity index (χ2n) is 7.88. The van der Waals surface area contributed by atoms with Crippen molar-refractivity contribution in [3.8, 4) is 5.75 Å². The number of benzene rings is 3. The first kappa shape index (κ1) is 18.3. The summed E-state index contributed by atoms with van der Waals surface area (Å²) in [5.41, 5.74) is 2.81. The van der Waals surface area contributed by atoms with Gasteiger partial charge in [0.2, 0.25) is 6.10 Å². The van der Waals surface area contributed by atoms with E-state index in [2.05, 4.69) is 50.2 Å². The van der Waals surface area contributed by atoms with Crippen molar-refractivity contribution in [2.24, 2.45) is 0 Å². The maximum Gasteiger partial charge on any atom is 0.271 e. The second kappa shape index (κ2) is 6.96. The van der Waals surface area contributed by atoms with Crippen LogP contribution in [0, 0.1) is 6.92 Å². The van der Waals surface area contributed by atoms with Crippen LogP contribution in [-0.2, 0) is 10.3 Å². The summed E-state index contributed by atoms with van der Waals surface area (Å²) in [6, 6.07) is 26.4. The van der Waals surface area contributed by atoms with Crippen LogP contribution in [0.15, 0.2) is 83.8 Å². The minimum atomic E-state index is -0.540. The maximum atomic E-state index is 13.5. The van der Waals surface area contributed by atoms with Crippen molar-refractivity contribution >= 4 is 23.4 Å². The molecule has 2 heterocycles. The predicted molar refractivity (Wildman–Crippen MR) is 118 cm³/mol. The highest BCUT2D eigenvalue weighted by Gasteiger charge is 2.65. The van der Waals surface area contributed by atoms with Gasteiger partial charge in [-0.2, -0.15) is 0 Å². The Kier molecular flexibility index (Phi) is 4.39. The predicted octanol–water partition coefficient (Wildman–Crippen LogP) is 5.57. The highest BCUT2D eigenvalue weighted by molar-refractivity contribution is 8.00. The van der Waals surface area contributed by atoms with Gasteiger partial charge in [-0.15, -0.1) is 11.8 Å². The topological polar surface area (TPSA) is 29.5 Å². The molecule has 1 amide bonds. The summed E-state index contributed by atoms with van der Waals surface area (Å²) >= 11 is 1.84. The van der Waals surface area contributed by atoms with Crippen molar-refractivity contribution in [1.82, 2.24) is 0 Å². The SMILES string of the molecule is Cc1ccc([C@]23C[C@H](C)Sc4ccccc4N2C(=O)[C@@H]3Oc2ccccc2)cc1. The zero-order valence-corrected chi connectivity index (χ0v) is 17.4. The number of rotatable bonds is 3. The Bertz CT molecular complexity index is 1050. The Hall–Kier alpha value is -2.72. The standard InChI is InChI=1S/C25H23NO2S/c1-17-12-14-19(15-13-17)25-16-18(2)29-22-11-7-6-10-21(22)26(25)24(27)23(25)28-20-8-4-3-5-9-20/h3-15,18,23H,16H2,1-2H3/t18-,23-,25-/m0/s1. The number of fused-ring (bicyclic) bond motifs is 3. The fraction of sp³-hybridized carbons (Fsp3) is 0.240. The minimum Gasteiger partial charge on any atom is -0.478 e. The first-order valence-electron chi connectivity index (χ1n) is 9.98. The van der Waals surface area contributed by atoms with Crippen molar-refractivity contribution in [1.29, 1.82) is 0 Å². The summed E-state index contributed by atoms with van der Waals surface area (Å²) in [5.74, 6) is 0.756. The molecule has 146 valence electrons. The molecule has 2 aliphatic rings. The number of thioether (sulfide) groups is 1. The van der Waals surface area contributed by atoms with Gasteiger partial charge in [0.05, 0.1) is 5.69 Å². The van der Waals surface area contributed by atoms with Crippen LogP contribution in [0.4, 0.5) is 5.69 Å². The Labute approximate surface area is 175 Å². The molecule has 4 heteroatoms. The van der Waals surface area contributed by atoms with Gasteiger partial charge in [0.1, 0.15) is 11.3 Å². The number of carbonyl (C=O) groups excluding carboxylic acids is 1. The van der Waals surface area contributed by atoms with Gasteiger partial charge in [0.15, 0.2) is 0 Å². The summed E-state index contributed by atoms with van der Waals surface area (Å²) in [7, 11) is 0. The van der Waals surface area contributed by atoms with Gasteiger partial charge in [0, 0.05) is 10.1 Å². The molecular formula is C25H23NO2S. The molecule has 29 heavy (non-hydrogen) atoms. The number of anilines is 1. The summed E-state index contributed by atoms with van der Waals surface area (Å²) in [6.45, 7) is 4.33. The van der Waals surface area contributed by atoms with Crippen LogP contribution in [0.5, 0.6) is 5.75 Å². The number of nitrogens with zero attached hydrogens (tertiary/aromatic N) is 1. The van der Waals surface area contributed by atoms with E-state index in [9.17, 15) is 4.79 Å². The molecule has 2 aliphatic heterocycles. The van der Waals surface area contributed by atoms with Gasteiger partial charge in [-0.3, -0.25) is 9.69 Å². The molecule has 1 saturated heterocycles. The quantitative estimate of drug-likeness (QED) is 0.538. The van der Waals surface area contributed by atoms with Gasteiger partial charge in [-0.25, -0.2) is 0 Å². The Morgan fingerprint density at radius 2 is 1.66 bits per heavy atom. The lowest BCUT2D eigenvalue weighted by atomic mass is 9.71. The van der Waals surface area contributed by atoms with E-state index in [-0.39, 0.29) is 5.91 Å². The summed E-state index contributed by atoms with van der Waals surface area (Å²) < 4.78 is 6.34. The molecule has 0 bridgehead atoms. The van der Waals surface area contributed by atoms with Gasteiger partial charge < -0.3 is 4.74 Å². The number of para-hydroxylation sites is 2. The van der Waals surface area contributed by atoms with Crippen LogP contribution in [0.1, 0.15) is 24.5 Å². The van der Waals surface area contributed by atoms with Crippen molar-refractivity contribution in [2.75, 3.05) is 4.90 Å². The highest BCUT2D eigenvalue weighted by Crippen LogP contribution is 2.55. The van der Waals surface area contributed by atoms with Crippen LogP contribution in [0.2, 0.25) is 0 Å². The molecule has 0 unspecified atom stereocenters. The number of hydrogen-bond donors (Lipinski definition) is 0. The zero-order chi connectivity index (χ0) is 20.0. The van der Waals surface area contributed by atoms with Gasteiger partial charge in [0.25, 0.3) is 5.91 Å². The number of ether oxygens (including phenoxy) is 1. The Morgan fingerprint density at radius 1 is 0.966 bits per heavy atom. The van der Waals surface area contributed by atoms with Crippen LogP contribution in [-0.4, -0.2) is 17.3 Å². The minimum absolute atomic E-state index is 0.0246. The monoisotopic (exact) mass is 401 g/mol. The third-order valence-electron chi connectivity index (χ3n) is 5.86. The van der Waals surface area contributed by atoms with Crippen molar-refractivity contribution in [3.63, 3.8) is 0 Å². The van der Waals surface area contributed by atoms with E-state index in [0.717, 1.165) is 28.3 Å². The Morgan fingerprint density at radius 3 is 2.41 bits per heavy atom. The van der Waals surface area contributed by atoms with Crippen LogP contribution < -0.4 is 9.64 Å². The lowest BCUT2D eigenvalue weighted by Crippen LogP contribution is -2.74. The van der Waals surface area contributed by atoms with Gasteiger partial charge in [-0.1, -0.05) is 67.1 Å². The molecule has 0 N–H and O–H groups in total. The largest absolute Gasteiger partial charge is 0.478 e. The number of β-lactam (4-membered cyclic amide) rings is 1. The molecule has 3 atom stereocenters. The fourth-order valence-corrected chi connectivity index (χ4v) is 5.77. The molecule has 0 saturated carbocycles. The first-order valence-corrected chi connectivity index (χ1v) is 10.9. The van der Waals surface area contributed by atoms with Crippen LogP contribution >= 0.6 is 11.8 Å². The van der Waals surface area contributed by atoms with E-state index in [1.165, 1.54) is 5.56 Å². The van der Waals surface area contributed by atoms with Crippen LogP contribution in [0.25, 0.3) is 0 Å². The Balaban J connectivity index is 1.67. The van der Waals surface area contributed by atoms with E-state index in [4.69, 9.17) is 4.74 Å². The van der Waals surface area contributed by atoms with Gasteiger partial charge >= 0.3 is 0 Å². The van der Waals surface area contributed by atoms with E-state index in [1.54, 1.807) is 0 Å². The smallest absolute Gasteiger partial charge is 0.271 e. The first-order chi connectivity index (χ1) is 14.1. The maximum absolute atomic E-state index is 13.5. The lowest BCUT2D eigenvalue weighted by Gasteiger charge is -2.56. The van der Waals surface area contributed by atoms with Crippen molar-refractivity contribution in [2.45, 2.75) is 42.1 Å². The normalized spacial score (nSPS) is 25.4. The summed E-state index contributed by atoms with van der Waals surface area (Å²) in [5, 5.41) is 0.345. The molecule has 3 aromatic carbocycles. The number of hydrogen-bond acceptors (Lipinski definition) is 3. The number of amides is 1. The second-order valence-corrected chi connectivity index (χ2v) is 9.36. The summed E-state index contributed by atoms with van der Waals surface area (Å²) in [6.07, 6.45) is 0.292. The van der Waals surface area contributed by atoms with E-state index >= 15 is 0 Å². The molecule has 3 aromatic rings. The lowest BCUT2D eigenvalue weighted by molar-refractivity contribution is -0.142. The van der Waals surface area contributed by atoms with Crippen LogP contribution in [0.3, 0.4) is 0 Å². The fourth-order valence-electron chi connectivity index (χ4n) is 4.56. The molecule has 3 nitrogen and oxygen atoms in total. The van der Waals surface area contributed by atoms with E-state index in [1.807, 2.05) is 59.1 Å². The van der Waals surface area contributed by atoms with E-state index in [0.29, 0.717) is 5.25 Å². The highest BCUT2D eigenvalue weighted by atomic mass is 32.2. The molecule has 1 fully saturated rings.